The molecule has 7 heteroatoms. The van der Waals surface area contributed by atoms with Gasteiger partial charge in [-0.05, 0) is 33.6 Å². The van der Waals surface area contributed by atoms with Crippen molar-refractivity contribution < 1.29 is 14.3 Å². The van der Waals surface area contributed by atoms with Gasteiger partial charge >= 0.3 is 0 Å². The summed E-state index contributed by atoms with van der Waals surface area (Å²) >= 11 is 0. The van der Waals surface area contributed by atoms with E-state index in [-0.39, 0.29) is 18.0 Å². The Labute approximate surface area is 134 Å². The number of nitrogens with one attached hydrogen (secondary N) is 3. The normalized spacial score (nSPS) is 12.1. The van der Waals surface area contributed by atoms with Gasteiger partial charge < -0.3 is 25.4 Å². The predicted octanol–water partition coefficient (Wildman–Crippen LogP) is 0.509. The van der Waals surface area contributed by atoms with Crippen molar-refractivity contribution in [2.24, 2.45) is 4.99 Å². The maximum Gasteiger partial charge on any atom is 0.239 e. The van der Waals surface area contributed by atoms with E-state index in [0.717, 1.165) is 26.0 Å². The zero-order valence-electron chi connectivity index (χ0n) is 14.6. The molecule has 0 aromatic rings. The van der Waals surface area contributed by atoms with Gasteiger partial charge in [-0.15, -0.1) is 0 Å². The SMILES string of the molecule is CN=C(NCCCCOCCOC)NCC(=O)NC(C)(C)C. The Morgan fingerprint density at radius 1 is 1.09 bits per heavy atom. The van der Waals surface area contributed by atoms with E-state index in [0.29, 0.717) is 19.2 Å². The molecule has 0 aliphatic heterocycles. The minimum atomic E-state index is -0.224. The Hall–Kier alpha value is -1.34. The molecule has 0 aromatic heterocycles. The number of rotatable bonds is 10. The second-order valence-electron chi connectivity index (χ2n) is 5.96. The third-order valence-corrected chi connectivity index (χ3v) is 2.59. The highest BCUT2D eigenvalue weighted by molar-refractivity contribution is 5.86. The van der Waals surface area contributed by atoms with Gasteiger partial charge in [-0.1, -0.05) is 0 Å². The molecule has 130 valence electrons. The van der Waals surface area contributed by atoms with Crippen LogP contribution in [-0.4, -0.2) is 64.5 Å². The van der Waals surface area contributed by atoms with Gasteiger partial charge in [-0.25, -0.2) is 0 Å². The molecule has 0 saturated carbocycles. The zero-order valence-corrected chi connectivity index (χ0v) is 14.6. The van der Waals surface area contributed by atoms with Gasteiger partial charge in [-0.2, -0.15) is 0 Å². The van der Waals surface area contributed by atoms with Crippen molar-refractivity contribution in [2.45, 2.75) is 39.2 Å². The Bertz CT molecular complexity index is 327. The van der Waals surface area contributed by atoms with E-state index in [1.807, 2.05) is 20.8 Å². The smallest absolute Gasteiger partial charge is 0.239 e. The van der Waals surface area contributed by atoms with E-state index in [1.165, 1.54) is 0 Å². The number of ether oxygens (including phenoxy) is 2. The van der Waals surface area contributed by atoms with E-state index < -0.39 is 0 Å². The lowest BCUT2D eigenvalue weighted by Crippen LogP contribution is -2.48. The van der Waals surface area contributed by atoms with Gasteiger partial charge in [0.2, 0.25) is 5.91 Å². The third-order valence-electron chi connectivity index (χ3n) is 2.59. The van der Waals surface area contributed by atoms with E-state index in [4.69, 9.17) is 9.47 Å². The summed E-state index contributed by atoms with van der Waals surface area (Å²) in [6, 6.07) is 0. The molecule has 0 saturated heterocycles. The van der Waals surface area contributed by atoms with Gasteiger partial charge in [0.05, 0.1) is 19.8 Å². The maximum absolute atomic E-state index is 11.7. The summed E-state index contributed by atoms with van der Waals surface area (Å²) in [6.45, 7) is 8.84. The lowest BCUT2D eigenvalue weighted by molar-refractivity contribution is -0.121. The topological polar surface area (TPSA) is 84.0 Å². The maximum atomic E-state index is 11.7. The zero-order chi connectivity index (χ0) is 16.8. The first kappa shape index (κ1) is 20.7. The Morgan fingerprint density at radius 2 is 1.82 bits per heavy atom. The van der Waals surface area contributed by atoms with Crippen molar-refractivity contribution in [3.8, 4) is 0 Å². The van der Waals surface area contributed by atoms with Crippen molar-refractivity contribution in [1.82, 2.24) is 16.0 Å². The van der Waals surface area contributed by atoms with Crippen LogP contribution in [0.3, 0.4) is 0 Å². The molecule has 3 N–H and O–H groups in total. The molecule has 0 aromatic carbocycles. The third kappa shape index (κ3) is 13.6. The molecule has 0 aliphatic carbocycles. The fourth-order valence-electron chi connectivity index (χ4n) is 1.63. The van der Waals surface area contributed by atoms with Gasteiger partial charge in [0.1, 0.15) is 0 Å². The molecule has 0 bridgehead atoms. The van der Waals surface area contributed by atoms with Crippen molar-refractivity contribution in [2.75, 3.05) is 47.1 Å². The van der Waals surface area contributed by atoms with Gasteiger partial charge in [-0.3, -0.25) is 9.79 Å². The number of carbonyl (C=O) groups excluding carboxylic acids is 1. The molecule has 0 spiro atoms. The number of unbranched alkanes of at least 4 members (excludes halogenated alkanes) is 1. The monoisotopic (exact) mass is 316 g/mol. The Kier molecular flexibility index (Phi) is 11.5. The first-order chi connectivity index (χ1) is 10.4. The number of methoxy groups -OCH3 is 1. The molecular weight excluding hydrogens is 284 g/mol. The lowest BCUT2D eigenvalue weighted by atomic mass is 10.1. The molecule has 0 fully saturated rings. The standard InChI is InChI=1S/C15H32N4O3/c1-15(2,3)19-13(20)12-18-14(16-4)17-8-6-7-9-22-11-10-21-5/h6-12H2,1-5H3,(H,19,20)(H2,16,17,18). The number of aliphatic imine (C=N–C) groups is 1. The largest absolute Gasteiger partial charge is 0.382 e. The van der Waals surface area contributed by atoms with Crippen molar-refractivity contribution in [3.05, 3.63) is 0 Å². The average molecular weight is 316 g/mol. The van der Waals surface area contributed by atoms with Crippen LogP contribution in [0.5, 0.6) is 0 Å². The first-order valence-electron chi connectivity index (χ1n) is 7.71. The highest BCUT2D eigenvalue weighted by atomic mass is 16.5. The summed E-state index contributed by atoms with van der Waals surface area (Å²) in [6.07, 6.45) is 1.94. The quantitative estimate of drug-likeness (QED) is 0.311. The second-order valence-corrected chi connectivity index (χ2v) is 5.96. The van der Waals surface area contributed by atoms with Crippen LogP contribution in [0.25, 0.3) is 0 Å². The summed E-state index contributed by atoms with van der Waals surface area (Å²) in [5.41, 5.74) is -0.224. The van der Waals surface area contributed by atoms with Gasteiger partial charge in [0.15, 0.2) is 5.96 Å². The summed E-state index contributed by atoms with van der Waals surface area (Å²) in [5, 5.41) is 9.05. The van der Waals surface area contributed by atoms with Crippen molar-refractivity contribution in [3.63, 3.8) is 0 Å². The van der Waals surface area contributed by atoms with Crippen molar-refractivity contribution in [1.29, 1.82) is 0 Å². The van der Waals surface area contributed by atoms with Crippen LogP contribution in [0.15, 0.2) is 4.99 Å². The van der Waals surface area contributed by atoms with Crippen LogP contribution >= 0.6 is 0 Å². The Balaban J connectivity index is 3.66. The number of hydrogen-bond donors (Lipinski definition) is 3. The number of amides is 1. The van der Waals surface area contributed by atoms with Crippen LogP contribution in [-0.2, 0) is 14.3 Å². The summed E-state index contributed by atoms with van der Waals surface area (Å²) in [7, 11) is 3.35. The molecule has 0 unspecified atom stereocenters. The summed E-state index contributed by atoms with van der Waals surface area (Å²) in [5.74, 6) is 0.575. The molecule has 0 atom stereocenters. The molecule has 7 nitrogen and oxygen atoms in total. The van der Waals surface area contributed by atoms with E-state index >= 15 is 0 Å². The van der Waals surface area contributed by atoms with Crippen LogP contribution < -0.4 is 16.0 Å². The number of carbonyl (C=O) groups is 1. The van der Waals surface area contributed by atoms with Crippen LogP contribution in [0.2, 0.25) is 0 Å². The Morgan fingerprint density at radius 3 is 2.41 bits per heavy atom. The fourth-order valence-corrected chi connectivity index (χ4v) is 1.63. The fraction of sp³-hybridized carbons (Fsp3) is 0.867. The number of nitrogens with zero attached hydrogens (tertiary/aromatic N) is 1. The highest BCUT2D eigenvalue weighted by Gasteiger charge is 2.13. The molecule has 0 aliphatic rings. The minimum Gasteiger partial charge on any atom is -0.382 e. The second kappa shape index (κ2) is 12.2. The number of hydrogen-bond acceptors (Lipinski definition) is 4. The molecule has 0 heterocycles. The van der Waals surface area contributed by atoms with Gasteiger partial charge in [0, 0.05) is 32.8 Å². The van der Waals surface area contributed by atoms with E-state index in [9.17, 15) is 4.79 Å². The van der Waals surface area contributed by atoms with Gasteiger partial charge in [0.25, 0.3) is 0 Å². The molecule has 22 heavy (non-hydrogen) atoms. The molecule has 1 amide bonds. The van der Waals surface area contributed by atoms with Crippen molar-refractivity contribution >= 4 is 11.9 Å². The van der Waals surface area contributed by atoms with Crippen LogP contribution in [0.4, 0.5) is 0 Å². The lowest BCUT2D eigenvalue weighted by Gasteiger charge is -2.21. The molecular formula is C15H32N4O3. The highest BCUT2D eigenvalue weighted by Crippen LogP contribution is 1.97. The minimum absolute atomic E-state index is 0.0537. The first-order valence-corrected chi connectivity index (χ1v) is 7.71. The summed E-state index contributed by atoms with van der Waals surface area (Å²) < 4.78 is 10.3. The number of guanidine groups is 1. The van der Waals surface area contributed by atoms with Crippen LogP contribution in [0, 0.1) is 0 Å². The summed E-state index contributed by atoms with van der Waals surface area (Å²) in [4.78, 5) is 15.8. The predicted molar refractivity (Wildman–Crippen MR) is 89.2 cm³/mol. The molecule has 0 rings (SSSR count). The van der Waals surface area contributed by atoms with E-state index in [1.54, 1.807) is 14.2 Å². The molecule has 0 radical (unpaired) electrons. The van der Waals surface area contributed by atoms with Crippen LogP contribution in [0.1, 0.15) is 33.6 Å². The van der Waals surface area contributed by atoms with E-state index in [2.05, 4.69) is 20.9 Å². The average Bonchev–Trinajstić information content (AvgIpc) is 2.43.